The fourth-order valence-corrected chi connectivity index (χ4v) is 7.64. The fraction of sp³-hybridized carbons (Fsp3) is 0.311. The maximum Gasteiger partial charge on any atom is 0.177 e. The maximum absolute atomic E-state index is 8.89. The summed E-state index contributed by atoms with van der Waals surface area (Å²) < 4.78 is 15.7. The van der Waals surface area contributed by atoms with E-state index in [1.54, 1.807) is 14.2 Å². The van der Waals surface area contributed by atoms with Crippen molar-refractivity contribution < 1.29 is 28.5 Å². The molecule has 8 aromatic rings. The molecule has 0 bridgehead atoms. The van der Waals surface area contributed by atoms with Crippen LogP contribution in [0.4, 0.5) is 0 Å². The number of benzene rings is 4. The van der Waals surface area contributed by atoms with Gasteiger partial charge in [0.05, 0.1) is 38.1 Å². The van der Waals surface area contributed by atoms with Crippen LogP contribution in [0.1, 0.15) is 26.2 Å². The number of rotatable bonds is 14. The first-order chi connectivity index (χ1) is 26.7. The zero-order valence-corrected chi connectivity index (χ0v) is 32.5. The molecule has 4 aromatic carbocycles. The largest absolute Gasteiger partial charge is 0.550 e. The molecule has 0 unspecified atom stereocenters. The smallest absolute Gasteiger partial charge is 0.177 e. The third-order valence-corrected chi connectivity index (χ3v) is 10.6. The summed E-state index contributed by atoms with van der Waals surface area (Å²) in [4.78, 5) is 21.0. The van der Waals surface area contributed by atoms with Gasteiger partial charge in [-0.1, -0.05) is 18.6 Å². The second-order valence-electron chi connectivity index (χ2n) is 14.6. The van der Waals surface area contributed by atoms with Crippen LogP contribution in [-0.4, -0.2) is 80.2 Å². The number of carbonyl (C=O) groups is 1. The van der Waals surface area contributed by atoms with E-state index in [1.807, 2.05) is 12.1 Å². The molecule has 0 amide bonds. The van der Waals surface area contributed by atoms with Crippen LogP contribution in [-0.2, 0) is 17.9 Å². The van der Waals surface area contributed by atoms with Gasteiger partial charge in [-0.25, -0.2) is 9.13 Å². The number of unbranched alkanes of at least 4 members (excludes halogenated alkanes) is 2. The lowest BCUT2D eigenvalue weighted by Gasteiger charge is -2.17. The minimum absolute atomic E-state index is 0.882. The third-order valence-electron chi connectivity index (χ3n) is 10.6. The number of aromatic amines is 2. The van der Waals surface area contributed by atoms with Crippen molar-refractivity contribution in [2.45, 2.75) is 39.3 Å². The highest BCUT2D eigenvalue weighted by Crippen LogP contribution is 2.35. The molecule has 0 fully saturated rings. The van der Waals surface area contributed by atoms with E-state index in [0.29, 0.717) is 0 Å². The van der Waals surface area contributed by atoms with Gasteiger partial charge in [-0.2, -0.15) is 0 Å². The highest BCUT2D eigenvalue weighted by atomic mass is 16.5. The standard InChI is InChI=1S/C43H46N6O2.C2H4O2/c1-46(22-24-48-20-16-30-8-12-40-42(36(30)28-48)34-26-32(50-3)10-14-38(34)44-40)18-6-5-7-19-47(2)23-25-49-21-17-31-9-13-41-43(37(31)29-49)35-27-33(51-4)11-15-39(35)45-41;1-2(3)4/h8-17,20-21,26-29H,5-7,18-19,22-25H2,1-4H3;1H3,(H,3,4)/p+1. The lowest BCUT2D eigenvalue weighted by atomic mass is 10.1. The van der Waals surface area contributed by atoms with Crippen LogP contribution in [0.15, 0.2) is 97.6 Å². The van der Waals surface area contributed by atoms with Gasteiger partial charge in [0, 0.05) is 61.7 Å². The first-order valence-electron chi connectivity index (χ1n) is 19.1. The van der Waals surface area contributed by atoms with Crippen molar-refractivity contribution in [3.05, 3.63) is 97.6 Å². The number of methoxy groups -OCH3 is 2. The lowest BCUT2D eigenvalue weighted by molar-refractivity contribution is -0.695. The summed E-state index contributed by atoms with van der Waals surface area (Å²) in [5, 5.41) is 18.9. The zero-order valence-electron chi connectivity index (χ0n) is 32.5. The number of carboxylic acid groups (broad SMARTS) is 1. The molecular weight excluding hydrogens is 689 g/mol. The first-order valence-corrected chi connectivity index (χ1v) is 19.1. The van der Waals surface area contributed by atoms with Crippen molar-refractivity contribution in [2.75, 3.05) is 54.5 Å². The van der Waals surface area contributed by atoms with Crippen LogP contribution in [0.2, 0.25) is 0 Å². The van der Waals surface area contributed by atoms with Crippen LogP contribution >= 0.6 is 0 Å². The number of ether oxygens (including phenoxy) is 2. The van der Waals surface area contributed by atoms with E-state index in [4.69, 9.17) is 19.4 Å². The number of aromatic nitrogens is 4. The van der Waals surface area contributed by atoms with Gasteiger partial charge in [0.2, 0.25) is 0 Å². The van der Waals surface area contributed by atoms with Crippen LogP contribution in [0, 0.1) is 0 Å². The van der Waals surface area contributed by atoms with Crippen molar-refractivity contribution in [1.82, 2.24) is 19.8 Å². The van der Waals surface area contributed by atoms with E-state index in [-0.39, 0.29) is 0 Å². The highest BCUT2D eigenvalue weighted by Gasteiger charge is 2.15. The number of nitrogens with one attached hydrogen (secondary N) is 2. The molecule has 0 atom stereocenters. The SMILES string of the molecule is CC(=O)[O-].COc1ccc2[nH]c3ccc4cc[n+](CCN(C)CCCCCN(C)CC[n+]5ccc6ccc7[nH]c8ccc(OC)cc8c7c6c5)cc4c3c2c1. The van der Waals surface area contributed by atoms with Crippen LogP contribution in [0.3, 0.4) is 0 Å². The monoisotopic (exact) mass is 739 g/mol. The number of hydrogen-bond donors (Lipinski definition) is 2. The minimum atomic E-state index is -1.08. The Balaban J connectivity index is 0.00000111. The second-order valence-corrected chi connectivity index (χ2v) is 14.6. The van der Waals surface area contributed by atoms with Crippen molar-refractivity contribution in [3.8, 4) is 11.5 Å². The van der Waals surface area contributed by atoms with E-state index >= 15 is 0 Å². The van der Waals surface area contributed by atoms with Gasteiger partial charge in [0.15, 0.2) is 37.9 Å². The molecule has 55 heavy (non-hydrogen) atoms. The van der Waals surface area contributed by atoms with E-state index < -0.39 is 5.97 Å². The highest BCUT2D eigenvalue weighted by molar-refractivity contribution is 6.21. The Morgan fingerprint density at radius 3 is 1.44 bits per heavy atom. The summed E-state index contributed by atoms with van der Waals surface area (Å²) >= 11 is 0. The number of aliphatic carboxylic acids is 1. The topological polar surface area (TPSA) is 104 Å². The number of nitrogens with zero attached hydrogens (tertiary/aromatic N) is 4. The number of carbonyl (C=O) groups excluding carboxylic acids is 1. The van der Waals surface area contributed by atoms with Gasteiger partial charge < -0.3 is 39.1 Å². The summed E-state index contributed by atoms with van der Waals surface area (Å²) in [6.45, 7) is 7.18. The Morgan fingerprint density at radius 1 is 0.600 bits per heavy atom. The first kappa shape index (κ1) is 37.6. The summed E-state index contributed by atoms with van der Waals surface area (Å²) in [7, 11) is 7.95. The average molecular weight is 740 g/mol. The molecule has 0 saturated heterocycles. The third kappa shape index (κ3) is 8.51. The van der Waals surface area contributed by atoms with Crippen molar-refractivity contribution in [3.63, 3.8) is 0 Å². The molecule has 0 aliphatic heterocycles. The molecule has 2 N–H and O–H groups in total. The molecule has 0 spiro atoms. The van der Waals surface area contributed by atoms with E-state index in [1.165, 1.54) is 62.4 Å². The number of carboxylic acids is 1. The molecule has 10 nitrogen and oxygen atoms in total. The van der Waals surface area contributed by atoms with Gasteiger partial charge in [0.1, 0.15) is 11.5 Å². The van der Waals surface area contributed by atoms with Crippen LogP contribution in [0.5, 0.6) is 11.5 Å². The number of hydrogen-bond acceptors (Lipinski definition) is 6. The predicted molar refractivity (Wildman–Crippen MR) is 220 cm³/mol. The number of H-pyrrole nitrogens is 2. The molecule has 284 valence electrons. The van der Waals surface area contributed by atoms with E-state index in [2.05, 4.69) is 128 Å². The molecule has 0 aliphatic carbocycles. The summed E-state index contributed by atoms with van der Waals surface area (Å²) in [6.07, 6.45) is 12.7. The minimum Gasteiger partial charge on any atom is -0.550 e. The van der Waals surface area contributed by atoms with Crippen LogP contribution in [0.25, 0.3) is 65.2 Å². The van der Waals surface area contributed by atoms with E-state index in [0.717, 1.165) is 79.8 Å². The van der Waals surface area contributed by atoms with Gasteiger partial charge in [-0.15, -0.1) is 0 Å². The molecule has 8 rings (SSSR count). The number of pyridine rings is 2. The lowest BCUT2D eigenvalue weighted by Crippen LogP contribution is -2.39. The summed E-state index contributed by atoms with van der Waals surface area (Å²) in [6, 6.07) is 25.8. The molecule has 0 saturated carbocycles. The molecule has 4 heterocycles. The quantitative estimate of drug-likeness (QED) is 0.0997. The van der Waals surface area contributed by atoms with Gasteiger partial charge in [-0.3, -0.25) is 0 Å². The van der Waals surface area contributed by atoms with Gasteiger partial charge in [0.25, 0.3) is 0 Å². The normalized spacial score (nSPS) is 11.8. The van der Waals surface area contributed by atoms with Crippen molar-refractivity contribution in [2.24, 2.45) is 0 Å². The Hall–Kier alpha value is -5.71. The predicted octanol–water partition coefficient (Wildman–Crippen LogP) is 6.34. The van der Waals surface area contributed by atoms with Crippen LogP contribution < -0.4 is 23.7 Å². The summed E-state index contributed by atoms with van der Waals surface area (Å²) in [5.74, 6) is 0.680. The summed E-state index contributed by atoms with van der Waals surface area (Å²) in [5.41, 5.74) is 4.59. The molecule has 10 heteroatoms. The Bertz CT molecular complexity index is 2430. The molecular formula is C45H51N6O4+. The molecule has 0 radical (unpaired) electrons. The Morgan fingerprint density at radius 2 is 1.02 bits per heavy atom. The zero-order chi connectivity index (χ0) is 38.5. The number of likely N-dealkylation sites (N-methyl/N-ethyl adjacent to an activating group) is 2. The van der Waals surface area contributed by atoms with Gasteiger partial charge in [-0.05, 0) is 106 Å². The Labute approximate surface area is 321 Å². The average Bonchev–Trinajstić information content (AvgIpc) is 3.76. The van der Waals surface area contributed by atoms with Gasteiger partial charge >= 0.3 is 0 Å². The Kier molecular flexibility index (Phi) is 11.5. The van der Waals surface area contributed by atoms with Crippen molar-refractivity contribution in [1.29, 1.82) is 0 Å². The molecule has 0 aliphatic rings. The second kappa shape index (κ2) is 16.8. The van der Waals surface area contributed by atoms with Crippen molar-refractivity contribution >= 4 is 71.1 Å². The number of fused-ring (bicyclic) bond motifs is 10. The fourth-order valence-electron chi connectivity index (χ4n) is 7.64. The van der Waals surface area contributed by atoms with E-state index in [9.17, 15) is 0 Å². The molecule has 4 aromatic heterocycles. The maximum atomic E-state index is 8.89.